The highest BCUT2D eigenvalue weighted by Crippen LogP contribution is 2.08. The zero-order chi connectivity index (χ0) is 11.1. The number of ether oxygens (including phenoxy) is 1. The molecule has 0 aliphatic rings. The second kappa shape index (κ2) is 6.11. The third-order valence-corrected chi connectivity index (χ3v) is 1.95. The van der Waals surface area contributed by atoms with Crippen molar-refractivity contribution in [2.45, 2.75) is 0 Å². The van der Waals surface area contributed by atoms with Crippen molar-refractivity contribution in [2.75, 3.05) is 20.3 Å². The van der Waals surface area contributed by atoms with Gasteiger partial charge in [-0.15, -0.1) is 0 Å². The molecule has 0 radical (unpaired) electrons. The average molecular weight is 206 g/mol. The van der Waals surface area contributed by atoms with E-state index in [1.165, 1.54) is 0 Å². The van der Waals surface area contributed by atoms with E-state index in [0.29, 0.717) is 12.2 Å². The fourth-order valence-electron chi connectivity index (χ4n) is 1.28. The number of aliphatic hydroxyl groups excluding tert-OH is 1. The van der Waals surface area contributed by atoms with Crippen LogP contribution in [0.1, 0.15) is 15.9 Å². The van der Waals surface area contributed by atoms with Gasteiger partial charge >= 0.3 is 0 Å². The van der Waals surface area contributed by atoms with E-state index < -0.39 is 0 Å². The SMILES string of the molecule is COC/C(=C\c1cccc(C=O)c1)CO. The zero-order valence-electron chi connectivity index (χ0n) is 8.64. The van der Waals surface area contributed by atoms with Gasteiger partial charge in [0.05, 0.1) is 13.2 Å². The number of hydrogen-bond acceptors (Lipinski definition) is 3. The van der Waals surface area contributed by atoms with E-state index in [1.807, 2.05) is 12.1 Å². The van der Waals surface area contributed by atoms with Gasteiger partial charge in [0.25, 0.3) is 0 Å². The molecule has 1 rings (SSSR count). The Morgan fingerprint density at radius 3 is 2.80 bits per heavy atom. The molecular weight excluding hydrogens is 192 g/mol. The van der Waals surface area contributed by atoms with Crippen LogP contribution in [0.25, 0.3) is 6.08 Å². The number of hydrogen-bond donors (Lipinski definition) is 1. The second-order valence-electron chi connectivity index (χ2n) is 3.18. The molecule has 0 heterocycles. The normalized spacial score (nSPS) is 11.5. The molecule has 0 bridgehead atoms. The summed E-state index contributed by atoms with van der Waals surface area (Å²) in [6, 6.07) is 7.17. The summed E-state index contributed by atoms with van der Waals surface area (Å²) in [5.41, 5.74) is 2.29. The summed E-state index contributed by atoms with van der Waals surface area (Å²) in [5, 5.41) is 9.03. The van der Waals surface area contributed by atoms with Crippen molar-refractivity contribution in [3.8, 4) is 0 Å². The quantitative estimate of drug-likeness (QED) is 0.743. The summed E-state index contributed by atoms with van der Waals surface area (Å²) >= 11 is 0. The molecule has 0 saturated heterocycles. The molecule has 80 valence electrons. The van der Waals surface area contributed by atoms with Gasteiger partial charge in [0.2, 0.25) is 0 Å². The molecule has 0 unspecified atom stereocenters. The van der Waals surface area contributed by atoms with Crippen molar-refractivity contribution in [3.05, 3.63) is 41.0 Å². The second-order valence-corrected chi connectivity index (χ2v) is 3.18. The lowest BCUT2D eigenvalue weighted by molar-refractivity contribution is 0.112. The fourth-order valence-corrected chi connectivity index (χ4v) is 1.28. The Hall–Kier alpha value is -1.45. The molecule has 0 spiro atoms. The van der Waals surface area contributed by atoms with Gasteiger partial charge in [0.1, 0.15) is 6.29 Å². The first-order chi connectivity index (χ1) is 7.30. The number of carbonyl (C=O) groups is 1. The molecule has 0 atom stereocenters. The highest BCUT2D eigenvalue weighted by Gasteiger charge is 1.96. The fraction of sp³-hybridized carbons (Fsp3) is 0.250. The molecule has 1 aromatic carbocycles. The van der Waals surface area contributed by atoms with E-state index in [9.17, 15) is 4.79 Å². The van der Waals surface area contributed by atoms with Crippen molar-refractivity contribution >= 4 is 12.4 Å². The Morgan fingerprint density at radius 1 is 1.47 bits per heavy atom. The van der Waals surface area contributed by atoms with Crippen LogP contribution in [0.3, 0.4) is 0 Å². The lowest BCUT2D eigenvalue weighted by atomic mass is 10.1. The lowest BCUT2D eigenvalue weighted by Gasteiger charge is -2.02. The maximum atomic E-state index is 10.5. The van der Waals surface area contributed by atoms with Gasteiger partial charge in [-0.25, -0.2) is 0 Å². The Kier molecular flexibility index (Phi) is 4.74. The molecule has 0 fully saturated rings. The van der Waals surface area contributed by atoms with Gasteiger partial charge in [-0.2, -0.15) is 0 Å². The maximum absolute atomic E-state index is 10.5. The summed E-state index contributed by atoms with van der Waals surface area (Å²) < 4.78 is 4.93. The average Bonchev–Trinajstić information content (AvgIpc) is 2.29. The summed E-state index contributed by atoms with van der Waals surface area (Å²) in [5.74, 6) is 0. The zero-order valence-corrected chi connectivity index (χ0v) is 8.64. The van der Waals surface area contributed by atoms with Crippen LogP contribution in [0.2, 0.25) is 0 Å². The van der Waals surface area contributed by atoms with Crippen LogP contribution in [0, 0.1) is 0 Å². The summed E-state index contributed by atoms with van der Waals surface area (Å²) in [6.45, 7) is 0.348. The van der Waals surface area contributed by atoms with Crippen LogP contribution in [0.4, 0.5) is 0 Å². The summed E-state index contributed by atoms with van der Waals surface area (Å²) in [6.07, 6.45) is 2.61. The smallest absolute Gasteiger partial charge is 0.150 e. The highest BCUT2D eigenvalue weighted by molar-refractivity contribution is 5.76. The van der Waals surface area contributed by atoms with Gasteiger partial charge < -0.3 is 9.84 Å². The molecule has 1 N–H and O–H groups in total. The van der Waals surface area contributed by atoms with Crippen LogP contribution in [-0.2, 0) is 4.74 Å². The van der Waals surface area contributed by atoms with Crippen LogP contribution >= 0.6 is 0 Å². The van der Waals surface area contributed by atoms with Crippen molar-refractivity contribution in [1.29, 1.82) is 0 Å². The number of rotatable bonds is 5. The standard InChI is InChI=1S/C12H14O3/c1-15-9-12(8-14)6-10-3-2-4-11(5-10)7-13/h2-7,14H,8-9H2,1H3/b12-6-. The Labute approximate surface area is 89.0 Å². The molecule has 0 aliphatic heterocycles. The van der Waals surface area contributed by atoms with Gasteiger partial charge in [0, 0.05) is 12.7 Å². The maximum Gasteiger partial charge on any atom is 0.150 e. The Bertz CT molecular complexity index is 356. The van der Waals surface area contributed by atoms with E-state index in [2.05, 4.69) is 0 Å². The number of methoxy groups -OCH3 is 1. The van der Waals surface area contributed by atoms with Crippen molar-refractivity contribution < 1.29 is 14.6 Å². The number of carbonyl (C=O) groups excluding carboxylic acids is 1. The first-order valence-electron chi connectivity index (χ1n) is 4.64. The van der Waals surface area contributed by atoms with Gasteiger partial charge in [-0.05, 0) is 17.2 Å². The summed E-state index contributed by atoms with van der Waals surface area (Å²) in [4.78, 5) is 10.5. The Morgan fingerprint density at radius 2 is 2.20 bits per heavy atom. The first kappa shape index (κ1) is 11.6. The molecule has 3 heteroatoms. The molecule has 15 heavy (non-hydrogen) atoms. The molecule has 3 nitrogen and oxygen atoms in total. The largest absolute Gasteiger partial charge is 0.392 e. The third kappa shape index (κ3) is 3.65. The van der Waals surface area contributed by atoms with Gasteiger partial charge in [0.15, 0.2) is 0 Å². The molecule has 0 aromatic heterocycles. The molecule has 0 aliphatic carbocycles. The van der Waals surface area contributed by atoms with Crippen LogP contribution in [0.5, 0.6) is 0 Å². The van der Waals surface area contributed by atoms with Crippen molar-refractivity contribution in [1.82, 2.24) is 0 Å². The Balaban J connectivity index is 2.89. The lowest BCUT2D eigenvalue weighted by Crippen LogP contribution is -1.98. The first-order valence-corrected chi connectivity index (χ1v) is 4.64. The predicted octanol–water partition coefficient (Wildman–Crippen LogP) is 1.52. The van der Waals surface area contributed by atoms with E-state index in [4.69, 9.17) is 9.84 Å². The molecule has 0 amide bonds. The van der Waals surface area contributed by atoms with E-state index in [1.54, 1.807) is 25.3 Å². The molecule has 1 aromatic rings. The van der Waals surface area contributed by atoms with Crippen LogP contribution < -0.4 is 0 Å². The molecular formula is C12H14O3. The topological polar surface area (TPSA) is 46.5 Å². The third-order valence-electron chi connectivity index (χ3n) is 1.95. The van der Waals surface area contributed by atoms with E-state index >= 15 is 0 Å². The number of benzene rings is 1. The molecule has 0 saturated carbocycles. The monoisotopic (exact) mass is 206 g/mol. The minimum absolute atomic E-state index is 0.0425. The van der Waals surface area contributed by atoms with Crippen LogP contribution in [0.15, 0.2) is 29.8 Å². The number of aliphatic hydroxyl groups is 1. The van der Waals surface area contributed by atoms with E-state index in [0.717, 1.165) is 17.4 Å². The summed E-state index contributed by atoms with van der Waals surface area (Å²) in [7, 11) is 1.57. The van der Waals surface area contributed by atoms with Gasteiger partial charge in [-0.1, -0.05) is 24.3 Å². The van der Waals surface area contributed by atoms with Crippen molar-refractivity contribution in [3.63, 3.8) is 0 Å². The highest BCUT2D eigenvalue weighted by atomic mass is 16.5. The van der Waals surface area contributed by atoms with Crippen molar-refractivity contribution in [2.24, 2.45) is 0 Å². The number of aldehydes is 1. The minimum Gasteiger partial charge on any atom is -0.392 e. The predicted molar refractivity (Wildman–Crippen MR) is 58.8 cm³/mol. The van der Waals surface area contributed by atoms with Crippen LogP contribution in [-0.4, -0.2) is 31.7 Å². The van der Waals surface area contributed by atoms with Gasteiger partial charge in [-0.3, -0.25) is 4.79 Å². The minimum atomic E-state index is -0.0425. The van der Waals surface area contributed by atoms with E-state index in [-0.39, 0.29) is 6.61 Å².